The quantitative estimate of drug-likeness (QED) is 0.772. The second kappa shape index (κ2) is 4.24. The average molecular weight is 246 g/mol. The van der Waals surface area contributed by atoms with Gasteiger partial charge < -0.3 is 4.74 Å². The molecule has 2 nitrogen and oxygen atoms in total. The summed E-state index contributed by atoms with van der Waals surface area (Å²) in [4.78, 5) is 12.5. The molecule has 0 N–H and O–H groups in total. The summed E-state index contributed by atoms with van der Waals surface area (Å²) in [6, 6.07) is 7.95. The number of benzene rings is 1. The second-order valence-corrected chi connectivity index (χ2v) is 5.42. The molecule has 1 aliphatic rings. The monoisotopic (exact) mass is 246 g/mol. The Morgan fingerprint density at radius 1 is 1.41 bits per heavy atom. The largest absolute Gasteiger partial charge is 0.373 e. The second-order valence-electron chi connectivity index (χ2n) is 4.50. The molecule has 3 rings (SSSR count). The van der Waals surface area contributed by atoms with Crippen molar-refractivity contribution < 1.29 is 9.53 Å². The maximum absolute atomic E-state index is 12.5. The topological polar surface area (TPSA) is 26.3 Å². The maximum Gasteiger partial charge on any atom is 0.193 e. The first-order valence-corrected chi connectivity index (χ1v) is 6.72. The Hall–Kier alpha value is -1.19. The molecule has 0 amide bonds. The highest BCUT2D eigenvalue weighted by Gasteiger charge is 2.37. The molecular formula is C14H14O2S. The van der Waals surface area contributed by atoms with Crippen LogP contribution in [0.5, 0.6) is 0 Å². The SMILES string of the molecule is COC(C(=O)c1cccc2ccsc12)C1CC1. The van der Waals surface area contributed by atoms with Gasteiger partial charge in [-0.3, -0.25) is 4.79 Å². The number of carbonyl (C=O) groups excluding carboxylic acids is 1. The van der Waals surface area contributed by atoms with E-state index in [2.05, 4.69) is 6.07 Å². The molecule has 0 radical (unpaired) electrons. The number of carbonyl (C=O) groups is 1. The lowest BCUT2D eigenvalue weighted by Crippen LogP contribution is -2.25. The first-order chi connectivity index (χ1) is 8.31. The van der Waals surface area contributed by atoms with E-state index in [-0.39, 0.29) is 11.9 Å². The summed E-state index contributed by atoms with van der Waals surface area (Å²) in [7, 11) is 1.63. The molecule has 1 fully saturated rings. The fourth-order valence-corrected chi connectivity index (χ4v) is 3.17. The van der Waals surface area contributed by atoms with Gasteiger partial charge in [0, 0.05) is 17.4 Å². The Kier molecular flexibility index (Phi) is 2.73. The van der Waals surface area contributed by atoms with Gasteiger partial charge in [0.2, 0.25) is 0 Å². The van der Waals surface area contributed by atoms with Crippen LogP contribution >= 0.6 is 11.3 Å². The first-order valence-electron chi connectivity index (χ1n) is 5.84. The molecule has 17 heavy (non-hydrogen) atoms. The molecule has 0 bridgehead atoms. The van der Waals surface area contributed by atoms with E-state index in [1.54, 1.807) is 18.4 Å². The van der Waals surface area contributed by atoms with Gasteiger partial charge in [0.25, 0.3) is 0 Å². The number of rotatable bonds is 4. The highest BCUT2D eigenvalue weighted by Crippen LogP contribution is 2.37. The van der Waals surface area contributed by atoms with Gasteiger partial charge >= 0.3 is 0 Å². The van der Waals surface area contributed by atoms with Crippen molar-refractivity contribution in [2.24, 2.45) is 5.92 Å². The molecule has 0 aliphatic heterocycles. The van der Waals surface area contributed by atoms with Crippen molar-refractivity contribution in [3.8, 4) is 0 Å². The van der Waals surface area contributed by atoms with Gasteiger partial charge in [0.15, 0.2) is 5.78 Å². The van der Waals surface area contributed by atoms with Gasteiger partial charge in [-0.1, -0.05) is 12.1 Å². The van der Waals surface area contributed by atoms with Crippen molar-refractivity contribution in [3.63, 3.8) is 0 Å². The zero-order valence-electron chi connectivity index (χ0n) is 9.68. The molecule has 1 atom stereocenters. The summed E-state index contributed by atoms with van der Waals surface area (Å²) in [6.45, 7) is 0. The van der Waals surface area contributed by atoms with E-state index in [4.69, 9.17) is 4.74 Å². The standard InChI is InChI=1S/C14H14O2S/c1-16-13(9-5-6-9)12(15)11-4-2-3-10-7-8-17-14(10)11/h2-4,7-9,13H,5-6H2,1H3. The Bertz CT molecular complexity index is 554. The molecule has 1 aromatic heterocycles. The number of hydrogen-bond acceptors (Lipinski definition) is 3. The smallest absolute Gasteiger partial charge is 0.193 e. The van der Waals surface area contributed by atoms with Crippen LogP contribution in [0.1, 0.15) is 23.2 Å². The van der Waals surface area contributed by atoms with E-state index in [9.17, 15) is 4.79 Å². The molecule has 1 aromatic carbocycles. The fraction of sp³-hybridized carbons (Fsp3) is 0.357. The predicted octanol–water partition coefficient (Wildman–Crippen LogP) is 3.51. The van der Waals surface area contributed by atoms with Crippen molar-refractivity contribution >= 4 is 27.2 Å². The minimum atomic E-state index is -0.248. The van der Waals surface area contributed by atoms with Gasteiger partial charge in [-0.2, -0.15) is 0 Å². The number of methoxy groups -OCH3 is 1. The lowest BCUT2D eigenvalue weighted by molar-refractivity contribution is 0.0541. The van der Waals surface area contributed by atoms with Crippen LogP contribution in [-0.4, -0.2) is 19.0 Å². The summed E-state index contributed by atoms with van der Waals surface area (Å²) in [6.07, 6.45) is 1.98. The minimum absolute atomic E-state index is 0.142. The van der Waals surface area contributed by atoms with Gasteiger partial charge in [0.1, 0.15) is 6.10 Å². The van der Waals surface area contributed by atoms with E-state index in [1.807, 2.05) is 23.6 Å². The van der Waals surface area contributed by atoms with Gasteiger partial charge in [-0.15, -0.1) is 11.3 Å². The van der Waals surface area contributed by atoms with Crippen LogP contribution in [0.4, 0.5) is 0 Å². The van der Waals surface area contributed by atoms with E-state index in [1.165, 1.54) is 0 Å². The third-order valence-corrected chi connectivity index (χ3v) is 4.27. The number of thiophene rings is 1. The van der Waals surface area contributed by atoms with Gasteiger partial charge in [-0.05, 0) is 41.7 Å². The van der Waals surface area contributed by atoms with Crippen LogP contribution in [0.2, 0.25) is 0 Å². The van der Waals surface area contributed by atoms with Gasteiger partial charge in [0.05, 0.1) is 0 Å². The number of ether oxygens (including phenoxy) is 1. The molecule has 1 saturated carbocycles. The van der Waals surface area contributed by atoms with Crippen molar-refractivity contribution in [2.75, 3.05) is 7.11 Å². The summed E-state index contributed by atoms with van der Waals surface area (Å²) in [5.41, 5.74) is 0.816. The Labute approximate surface area is 104 Å². The molecule has 3 heteroatoms. The van der Waals surface area contributed by atoms with Crippen LogP contribution in [0.15, 0.2) is 29.6 Å². The van der Waals surface area contributed by atoms with E-state index >= 15 is 0 Å². The Morgan fingerprint density at radius 2 is 2.24 bits per heavy atom. The third-order valence-electron chi connectivity index (χ3n) is 3.31. The Balaban J connectivity index is 2.02. The molecule has 2 aromatic rings. The Morgan fingerprint density at radius 3 is 2.94 bits per heavy atom. The normalized spacial score (nSPS) is 17.2. The predicted molar refractivity (Wildman–Crippen MR) is 69.7 cm³/mol. The van der Waals surface area contributed by atoms with Crippen LogP contribution in [0.25, 0.3) is 10.1 Å². The fourth-order valence-electron chi connectivity index (χ4n) is 2.25. The molecule has 1 aliphatic carbocycles. The van der Waals surface area contributed by atoms with Crippen molar-refractivity contribution in [2.45, 2.75) is 18.9 Å². The summed E-state index contributed by atoms with van der Waals surface area (Å²) >= 11 is 1.63. The number of ketones is 1. The molecule has 0 spiro atoms. The van der Waals surface area contributed by atoms with Gasteiger partial charge in [-0.25, -0.2) is 0 Å². The lowest BCUT2D eigenvalue weighted by atomic mass is 10.0. The van der Waals surface area contributed by atoms with Crippen molar-refractivity contribution in [3.05, 3.63) is 35.2 Å². The van der Waals surface area contributed by atoms with E-state index < -0.39 is 0 Å². The average Bonchev–Trinajstić information content (AvgIpc) is 3.06. The van der Waals surface area contributed by atoms with Crippen LogP contribution in [-0.2, 0) is 4.74 Å². The highest BCUT2D eigenvalue weighted by atomic mass is 32.1. The minimum Gasteiger partial charge on any atom is -0.373 e. The van der Waals surface area contributed by atoms with Crippen LogP contribution in [0.3, 0.4) is 0 Å². The molecule has 88 valence electrons. The molecular weight excluding hydrogens is 232 g/mol. The summed E-state index contributed by atoms with van der Waals surface area (Å²) in [5.74, 6) is 0.575. The molecule has 0 saturated heterocycles. The first kappa shape index (κ1) is 10.9. The summed E-state index contributed by atoms with van der Waals surface area (Å²) in [5, 5.41) is 3.17. The van der Waals surface area contributed by atoms with Crippen LogP contribution in [0, 0.1) is 5.92 Å². The number of hydrogen-bond donors (Lipinski definition) is 0. The van der Waals surface area contributed by atoms with Crippen molar-refractivity contribution in [1.29, 1.82) is 0 Å². The third kappa shape index (κ3) is 1.90. The molecule has 1 unspecified atom stereocenters. The van der Waals surface area contributed by atoms with Crippen LogP contribution < -0.4 is 0 Å². The van der Waals surface area contributed by atoms with E-state index in [0.717, 1.165) is 28.5 Å². The highest BCUT2D eigenvalue weighted by molar-refractivity contribution is 7.17. The zero-order chi connectivity index (χ0) is 11.8. The van der Waals surface area contributed by atoms with Crippen molar-refractivity contribution in [1.82, 2.24) is 0 Å². The maximum atomic E-state index is 12.5. The number of Topliss-reactive ketones (excluding diaryl/α,β-unsaturated/α-hetero) is 1. The number of fused-ring (bicyclic) bond motifs is 1. The van der Waals surface area contributed by atoms with E-state index in [0.29, 0.717) is 5.92 Å². The zero-order valence-corrected chi connectivity index (χ0v) is 10.5. The molecule has 1 heterocycles. The lowest BCUT2D eigenvalue weighted by Gasteiger charge is -2.13. The summed E-state index contributed by atoms with van der Waals surface area (Å²) < 4.78 is 6.45.